The first-order chi connectivity index (χ1) is 12.2. The molecule has 0 fully saturated rings. The predicted octanol–water partition coefficient (Wildman–Crippen LogP) is 0.659. The van der Waals surface area contributed by atoms with E-state index in [1.807, 2.05) is 61.2 Å². The van der Waals surface area contributed by atoms with Gasteiger partial charge in [-0.2, -0.15) is 10.2 Å². The highest BCUT2D eigenvalue weighted by Crippen LogP contribution is 2.05. The molecule has 9 heteroatoms. The summed E-state index contributed by atoms with van der Waals surface area (Å²) in [5.41, 5.74) is 0. The van der Waals surface area contributed by atoms with Crippen molar-refractivity contribution < 1.29 is 4.79 Å². The SMILES string of the molecule is Cc1nc(CN(C)C)nn1CCC(=O)CCn1nc(CN(C)C)nc1C. The Morgan fingerprint density at radius 2 is 1.19 bits per heavy atom. The Morgan fingerprint density at radius 3 is 1.54 bits per heavy atom. The third-order valence-electron chi connectivity index (χ3n) is 3.92. The number of ketones is 1. The minimum absolute atomic E-state index is 0.193. The topological polar surface area (TPSA) is 85.0 Å². The van der Waals surface area contributed by atoms with Crippen LogP contribution in [-0.4, -0.2) is 73.3 Å². The zero-order valence-electron chi connectivity index (χ0n) is 16.7. The van der Waals surface area contributed by atoms with Crippen LogP contribution in [0, 0.1) is 13.8 Å². The summed E-state index contributed by atoms with van der Waals surface area (Å²) in [6.45, 7) is 6.36. The van der Waals surface area contributed by atoms with Gasteiger partial charge in [0.2, 0.25) is 0 Å². The quantitative estimate of drug-likeness (QED) is 0.614. The number of hydrogen-bond acceptors (Lipinski definition) is 7. The van der Waals surface area contributed by atoms with Crippen LogP contribution in [-0.2, 0) is 31.0 Å². The van der Waals surface area contributed by atoms with E-state index >= 15 is 0 Å². The molecule has 0 amide bonds. The maximum atomic E-state index is 12.2. The fourth-order valence-corrected chi connectivity index (χ4v) is 2.67. The molecule has 2 aromatic rings. The zero-order chi connectivity index (χ0) is 19.3. The number of nitrogens with zero attached hydrogens (tertiary/aromatic N) is 8. The summed E-state index contributed by atoms with van der Waals surface area (Å²) in [6.07, 6.45) is 0.897. The third kappa shape index (κ3) is 5.99. The van der Waals surface area contributed by atoms with Gasteiger partial charge in [-0.1, -0.05) is 0 Å². The number of Topliss-reactive ketones (excluding diaryl/α,β-unsaturated/α-hetero) is 1. The average molecular weight is 362 g/mol. The van der Waals surface area contributed by atoms with Crippen LogP contribution in [0.5, 0.6) is 0 Å². The number of carbonyl (C=O) groups excluding carboxylic acids is 1. The molecule has 0 aliphatic carbocycles. The summed E-state index contributed by atoms with van der Waals surface area (Å²) >= 11 is 0. The van der Waals surface area contributed by atoms with E-state index < -0.39 is 0 Å². The molecule has 0 aliphatic rings. The molecule has 0 saturated heterocycles. The van der Waals surface area contributed by atoms with Crippen LogP contribution in [0.4, 0.5) is 0 Å². The van der Waals surface area contributed by atoms with Crippen molar-refractivity contribution in [1.82, 2.24) is 39.3 Å². The lowest BCUT2D eigenvalue weighted by Crippen LogP contribution is -2.14. The minimum atomic E-state index is 0.193. The predicted molar refractivity (Wildman–Crippen MR) is 98.5 cm³/mol. The van der Waals surface area contributed by atoms with E-state index in [9.17, 15) is 4.79 Å². The van der Waals surface area contributed by atoms with E-state index in [1.54, 1.807) is 0 Å². The Balaban J connectivity index is 1.82. The molecule has 0 N–H and O–H groups in total. The molecule has 0 aliphatic heterocycles. The largest absolute Gasteiger partial charge is 0.302 e. The molecule has 26 heavy (non-hydrogen) atoms. The van der Waals surface area contributed by atoms with Gasteiger partial charge in [0.25, 0.3) is 0 Å². The van der Waals surface area contributed by atoms with Crippen molar-refractivity contribution in [2.75, 3.05) is 28.2 Å². The lowest BCUT2D eigenvalue weighted by atomic mass is 10.2. The Hall–Kier alpha value is -2.13. The monoisotopic (exact) mass is 362 g/mol. The normalized spacial score (nSPS) is 11.7. The number of rotatable bonds is 10. The van der Waals surface area contributed by atoms with Gasteiger partial charge in [-0.25, -0.2) is 19.3 Å². The van der Waals surface area contributed by atoms with Crippen molar-refractivity contribution in [2.24, 2.45) is 0 Å². The molecule has 0 spiro atoms. The lowest BCUT2D eigenvalue weighted by molar-refractivity contribution is -0.119. The molecule has 0 bridgehead atoms. The van der Waals surface area contributed by atoms with Crippen LogP contribution >= 0.6 is 0 Å². The van der Waals surface area contributed by atoms with Gasteiger partial charge in [-0.05, 0) is 42.0 Å². The van der Waals surface area contributed by atoms with Crippen LogP contribution in [0.2, 0.25) is 0 Å². The van der Waals surface area contributed by atoms with Gasteiger partial charge >= 0.3 is 0 Å². The summed E-state index contributed by atoms with van der Waals surface area (Å²) < 4.78 is 3.62. The smallest absolute Gasteiger partial charge is 0.164 e. The Kier molecular flexibility index (Phi) is 6.98. The van der Waals surface area contributed by atoms with E-state index in [0.29, 0.717) is 39.0 Å². The highest BCUT2D eigenvalue weighted by atomic mass is 16.1. The standard InChI is InChI=1S/C17H30N8O/c1-13-18-16(11-22(3)4)20-24(13)9-7-15(26)8-10-25-14(2)19-17(21-25)12-23(5)6/h7-12H2,1-6H3. The average Bonchev–Trinajstić information content (AvgIpc) is 3.04. The van der Waals surface area contributed by atoms with Crippen molar-refractivity contribution in [2.45, 2.75) is 52.9 Å². The van der Waals surface area contributed by atoms with Crippen LogP contribution in [0.25, 0.3) is 0 Å². The van der Waals surface area contributed by atoms with Crippen molar-refractivity contribution in [3.63, 3.8) is 0 Å². The molecule has 0 aromatic carbocycles. The Labute approximate surface area is 155 Å². The molecular formula is C17H30N8O. The Bertz CT molecular complexity index is 671. The van der Waals surface area contributed by atoms with E-state index in [4.69, 9.17) is 0 Å². The highest BCUT2D eigenvalue weighted by molar-refractivity contribution is 5.78. The second kappa shape index (κ2) is 9.00. The van der Waals surface area contributed by atoms with Crippen LogP contribution < -0.4 is 0 Å². The van der Waals surface area contributed by atoms with Gasteiger partial charge in [0, 0.05) is 25.9 Å². The van der Waals surface area contributed by atoms with Gasteiger partial charge in [0.05, 0.1) is 13.1 Å². The first-order valence-corrected chi connectivity index (χ1v) is 8.86. The van der Waals surface area contributed by atoms with Crippen LogP contribution in [0.1, 0.15) is 36.1 Å². The molecule has 2 aromatic heterocycles. The van der Waals surface area contributed by atoms with Crippen LogP contribution in [0.3, 0.4) is 0 Å². The van der Waals surface area contributed by atoms with E-state index in [0.717, 1.165) is 23.3 Å². The van der Waals surface area contributed by atoms with E-state index in [2.05, 4.69) is 20.2 Å². The molecule has 144 valence electrons. The first-order valence-electron chi connectivity index (χ1n) is 8.86. The summed E-state index contributed by atoms with van der Waals surface area (Å²) in [5.74, 6) is 3.45. The first kappa shape index (κ1) is 20.2. The summed E-state index contributed by atoms with van der Waals surface area (Å²) in [4.78, 5) is 25.2. The van der Waals surface area contributed by atoms with E-state index in [-0.39, 0.29) is 5.78 Å². The fourth-order valence-electron chi connectivity index (χ4n) is 2.67. The summed E-state index contributed by atoms with van der Waals surface area (Å²) in [5, 5.41) is 8.93. The minimum Gasteiger partial charge on any atom is -0.302 e. The molecule has 2 rings (SSSR count). The molecule has 0 atom stereocenters. The molecule has 0 saturated carbocycles. The fraction of sp³-hybridized carbons (Fsp3) is 0.706. The molecule has 9 nitrogen and oxygen atoms in total. The maximum Gasteiger partial charge on any atom is 0.164 e. The summed E-state index contributed by atoms with van der Waals surface area (Å²) in [6, 6.07) is 0. The second-order valence-corrected chi connectivity index (χ2v) is 7.11. The second-order valence-electron chi connectivity index (χ2n) is 7.11. The highest BCUT2D eigenvalue weighted by Gasteiger charge is 2.11. The molecule has 0 radical (unpaired) electrons. The van der Waals surface area contributed by atoms with Crippen molar-refractivity contribution >= 4 is 5.78 Å². The van der Waals surface area contributed by atoms with Gasteiger partial charge in [0.15, 0.2) is 11.6 Å². The molecular weight excluding hydrogens is 332 g/mol. The molecule has 0 unspecified atom stereocenters. The Morgan fingerprint density at radius 1 is 0.808 bits per heavy atom. The third-order valence-corrected chi connectivity index (χ3v) is 3.92. The van der Waals surface area contributed by atoms with Gasteiger partial charge in [0.1, 0.15) is 17.4 Å². The summed E-state index contributed by atoms with van der Waals surface area (Å²) in [7, 11) is 7.93. The van der Waals surface area contributed by atoms with Crippen molar-refractivity contribution in [1.29, 1.82) is 0 Å². The maximum absolute atomic E-state index is 12.2. The van der Waals surface area contributed by atoms with Crippen molar-refractivity contribution in [3.8, 4) is 0 Å². The van der Waals surface area contributed by atoms with Crippen molar-refractivity contribution in [3.05, 3.63) is 23.3 Å². The van der Waals surface area contributed by atoms with Gasteiger partial charge < -0.3 is 9.80 Å². The van der Waals surface area contributed by atoms with Gasteiger partial charge in [-0.15, -0.1) is 0 Å². The zero-order valence-corrected chi connectivity index (χ0v) is 16.7. The molecule has 2 heterocycles. The van der Waals surface area contributed by atoms with Crippen LogP contribution in [0.15, 0.2) is 0 Å². The number of aryl methyl sites for hydroxylation is 4. The lowest BCUT2D eigenvalue weighted by Gasteiger charge is -2.06. The van der Waals surface area contributed by atoms with E-state index in [1.165, 1.54) is 0 Å². The number of carbonyl (C=O) groups is 1. The van der Waals surface area contributed by atoms with Gasteiger partial charge in [-0.3, -0.25) is 4.79 Å². The number of aromatic nitrogens is 6. The number of hydrogen-bond donors (Lipinski definition) is 0.